The van der Waals surface area contributed by atoms with Gasteiger partial charge in [0.15, 0.2) is 5.84 Å². The molecule has 2 saturated heterocycles. The smallest absolute Gasteiger partial charge is 0.323 e. The Morgan fingerprint density at radius 2 is 1.89 bits per heavy atom. The average Bonchev–Trinajstić information content (AvgIpc) is 3.23. The first-order valence-corrected chi connectivity index (χ1v) is 12.2. The van der Waals surface area contributed by atoms with Crippen LogP contribution in [0.3, 0.4) is 0 Å². The van der Waals surface area contributed by atoms with Gasteiger partial charge in [0.1, 0.15) is 5.75 Å². The van der Waals surface area contributed by atoms with E-state index in [1.165, 1.54) is 4.90 Å². The van der Waals surface area contributed by atoms with Gasteiger partial charge in [0, 0.05) is 36.3 Å². The topological polar surface area (TPSA) is 133 Å². The zero-order valence-electron chi connectivity index (χ0n) is 20.8. The molecule has 5 rings (SSSR count). The van der Waals surface area contributed by atoms with Crippen LogP contribution in [0.25, 0.3) is 0 Å². The van der Waals surface area contributed by atoms with Gasteiger partial charge in [-0.25, -0.2) is 4.79 Å². The number of morpholine rings is 1. The van der Waals surface area contributed by atoms with Gasteiger partial charge in [0.05, 0.1) is 26.9 Å². The van der Waals surface area contributed by atoms with Gasteiger partial charge in [-0.2, -0.15) is 0 Å². The summed E-state index contributed by atoms with van der Waals surface area (Å²) >= 11 is 0. The van der Waals surface area contributed by atoms with E-state index in [9.17, 15) is 19.6 Å². The predicted octanol–water partition coefficient (Wildman–Crippen LogP) is 0.791. The standard InChI is InChI=1S/C27H27N5O6/c1-37-21-6-7-22-20(16-21)9-11-32(24(22)33)17-27(25(34)28-26(35)29-27)10-8-18-2-4-19(5-3-18)23(30-36)31-12-14-38-15-13-31/h2-7,16,36H,9,11-15,17H2,1H3,(H2,28,29,34,35)/b30-23+/t27-/m1/s1. The van der Waals surface area contributed by atoms with Crippen LogP contribution in [0, 0.1) is 11.8 Å². The van der Waals surface area contributed by atoms with Crippen molar-refractivity contribution in [3.8, 4) is 17.6 Å². The van der Waals surface area contributed by atoms with E-state index in [0.717, 1.165) is 5.56 Å². The molecule has 3 aliphatic rings. The van der Waals surface area contributed by atoms with Gasteiger partial charge >= 0.3 is 6.03 Å². The highest BCUT2D eigenvalue weighted by Crippen LogP contribution is 2.25. The number of amides is 4. The zero-order chi connectivity index (χ0) is 26.7. The van der Waals surface area contributed by atoms with Gasteiger partial charge in [0.2, 0.25) is 5.54 Å². The summed E-state index contributed by atoms with van der Waals surface area (Å²) in [5.74, 6) is 6.13. The van der Waals surface area contributed by atoms with Crippen molar-refractivity contribution in [2.75, 3.05) is 46.5 Å². The Hall–Kier alpha value is -4.56. The van der Waals surface area contributed by atoms with Gasteiger partial charge in [-0.3, -0.25) is 14.9 Å². The Bertz CT molecular complexity index is 1360. The lowest BCUT2D eigenvalue weighted by atomic mass is 9.94. The number of urea groups is 1. The lowest BCUT2D eigenvalue weighted by molar-refractivity contribution is -0.122. The van der Waals surface area contributed by atoms with Gasteiger partial charge in [-0.05, 0) is 54.4 Å². The number of carbonyl (C=O) groups is 3. The summed E-state index contributed by atoms with van der Waals surface area (Å²) in [7, 11) is 1.57. The fraction of sp³-hybridized carbons (Fsp3) is 0.333. The number of carbonyl (C=O) groups excluding carboxylic acids is 3. The van der Waals surface area contributed by atoms with E-state index < -0.39 is 17.5 Å². The van der Waals surface area contributed by atoms with Crippen molar-refractivity contribution >= 4 is 23.7 Å². The first-order chi connectivity index (χ1) is 18.4. The Labute approximate surface area is 219 Å². The summed E-state index contributed by atoms with van der Waals surface area (Å²) in [4.78, 5) is 41.7. The van der Waals surface area contributed by atoms with Gasteiger partial charge in [0.25, 0.3) is 11.8 Å². The maximum absolute atomic E-state index is 13.2. The van der Waals surface area contributed by atoms with E-state index in [0.29, 0.717) is 67.5 Å². The highest BCUT2D eigenvalue weighted by Gasteiger charge is 2.47. The van der Waals surface area contributed by atoms with E-state index >= 15 is 0 Å². The minimum absolute atomic E-state index is 0.0989. The summed E-state index contributed by atoms with van der Waals surface area (Å²) in [6.45, 7) is 2.61. The number of ether oxygens (including phenoxy) is 2. The van der Waals surface area contributed by atoms with Crippen molar-refractivity contribution in [3.63, 3.8) is 0 Å². The molecule has 196 valence electrons. The van der Waals surface area contributed by atoms with E-state index in [1.54, 1.807) is 43.5 Å². The Kier molecular flexibility index (Phi) is 6.89. The monoisotopic (exact) mass is 517 g/mol. The second-order valence-electron chi connectivity index (χ2n) is 9.16. The first kappa shape index (κ1) is 25.1. The third kappa shape index (κ3) is 4.86. The minimum atomic E-state index is -1.60. The molecule has 0 bridgehead atoms. The molecule has 2 aromatic carbocycles. The molecular formula is C27H27N5O6. The third-order valence-corrected chi connectivity index (χ3v) is 6.82. The molecule has 1 atom stereocenters. The van der Waals surface area contributed by atoms with Crippen LogP contribution in [-0.2, 0) is 16.0 Å². The lowest BCUT2D eigenvalue weighted by Crippen LogP contribution is -2.56. The van der Waals surface area contributed by atoms with E-state index in [1.807, 2.05) is 11.0 Å². The molecule has 2 aromatic rings. The Balaban J connectivity index is 1.37. The molecule has 0 aliphatic carbocycles. The number of nitrogens with one attached hydrogen (secondary N) is 2. The molecule has 3 N–H and O–H groups in total. The molecular weight excluding hydrogens is 490 g/mol. The molecule has 11 nitrogen and oxygen atoms in total. The summed E-state index contributed by atoms with van der Waals surface area (Å²) in [5.41, 5.74) is 1.09. The van der Waals surface area contributed by atoms with Gasteiger partial charge in [-0.15, -0.1) is 0 Å². The average molecular weight is 518 g/mol. The van der Waals surface area contributed by atoms with E-state index in [-0.39, 0.29) is 12.5 Å². The van der Waals surface area contributed by atoms with Crippen molar-refractivity contribution in [2.45, 2.75) is 12.0 Å². The van der Waals surface area contributed by atoms with Crippen LogP contribution in [0.15, 0.2) is 47.6 Å². The van der Waals surface area contributed by atoms with Gasteiger partial charge in [-0.1, -0.05) is 17.0 Å². The second-order valence-corrected chi connectivity index (χ2v) is 9.16. The van der Waals surface area contributed by atoms with Crippen LogP contribution in [0.2, 0.25) is 0 Å². The minimum Gasteiger partial charge on any atom is -0.497 e. The quantitative estimate of drug-likeness (QED) is 0.136. The maximum Gasteiger partial charge on any atom is 0.323 e. The SMILES string of the molecule is COc1ccc2c(c1)CCN(C[C@@]1(C#Cc3ccc(/C(=N\O)N4CCOCC4)cc3)NC(=O)NC1=O)C2=O. The number of methoxy groups -OCH3 is 1. The molecule has 2 fully saturated rings. The molecule has 3 aliphatic heterocycles. The number of hydrogen-bond acceptors (Lipinski definition) is 7. The molecule has 4 amide bonds. The van der Waals surface area contributed by atoms with Gasteiger partial charge < -0.3 is 29.8 Å². The summed E-state index contributed by atoms with van der Waals surface area (Å²) in [6, 6.07) is 11.6. The molecule has 11 heteroatoms. The molecule has 0 unspecified atom stereocenters. The largest absolute Gasteiger partial charge is 0.497 e. The van der Waals surface area contributed by atoms with Crippen molar-refractivity contribution in [1.29, 1.82) is 0 Å². The third-order valence-electron chi connectivity index (χ3n) is 6.82. The first-order valence-electron chi connectivity index (χ1n) is 12.2. The van der Waals surface area contributed by atoms with Crippen molar-refractivity contribution in [1.82, 2.24) is 20.4 Å². The van der Waals surface area contributed by atoms with E-state index in [4.69, 9.17) is 9.47 Å². The van der Waals surface area contributed by atoms with Crippen LogP contribution >= 0.6 is 0 Å². The molecule has 0 spiro atoms. The number of benzene rings is 2. The fourth-order valence-corrected chi connectivity index (χ4v) is 4.77. The molecule has 3 heterocycles. The van der Waals surface area contributed by atoms with E-state index in [2.05, 4.69) is 27.6 Å². The summed E-state index contributed by atoms with van der Waals surface area (Å²) < 4.78 is 10.6. The number of oxime groups is 1. The van der Waals surface area contributed by atoms with Crippen LogP contribution in [0.5, 0.6) is 5.75 Å². The van der Waals surface area contributed by atoms with Crippen molar-refractivity contribution < 1.29 is 29.1 Å². The molecule has 0 saturated carbocycles. The Morgan fingerprint density at radius 3 is 2.55 bits per heavy atom. The Morgan fingerprint density at radius 1 is 1.13 bits per heavy atom. The summed E-state index contributed by atoms with van der Waals surface area (Å²) in [6.07, 6.45) is 0.580. The lowest BCUT2D eigenvalue weighted by Gasteiger charge is -2.33. The van der Waals surface area contributed by atoms with Crippen LogP contribution in [0.4, 0.5) is 4.79 Å². The number of hydrogen-bond donors (Lipinski definition) is 3. The fourth-order valence-electron chi connectivity index (χ4n) is 4.77. The van der Waals surface area contributed by atoms with Crippen LogP contribution < -0.4 is 15.4 Å². The molecule has 0 radical (unpaired) electrons. The number of rotatable bonds is 4. The zero-order valence-corrected chi connectivity index (χ0v) is 20.8. The van der Waals surface area contributed by atoms with Crippen molar-refractivity contribution in [2.24, 2.45) is 5.16 Å². The second kappa shape index (κ2) is 10.4. The molecule has 38 heavy (non-hydrogen) atoms. The normalized spacial score (nSPS) is 21.3. The highest BCUT2D eigenvalue weighted by molar-refractivity contribution is 6.10. The number of imide groups is 1. The van der Waals surface area contributed by atoms with Crippen LogP contribution in [-0.4, -0.2) is 90.7 Å². The summed E-state index contributed by atoms with van der Waals surface area (Å²) in [5, 5.41) is 17.9. The number of fused-ring (bicyclic) bond motifs is 1. The number of nitrogens with zero attached hydrogens (tertiary/aromatic N) is 3. The number of amidine groups is 1. The maximum atomic E-state index is 13.2. The van der Waals surface area contributed by atoms with Crippen LogP contribution in [0.1, 0.15) is 27.0 Å². The van der Waals surface area contributed by atoms with Crippen molar-refractivity contribution in [3.05, 3.63) is 64.7 Å². The molecule has 0 aromatic heterocycles. The predicted molar refractivity (Wildman–Crippen MR) is 136 cm³/mol. The highest BCUT2D eigenvalue weighted by atomic mass is 16.5.